The highest BCUT2D eigenvalue weighted by Gasteiger charge is 2.22. The zero-order chi connectivity index (χ0) is 16.4. The standard InChI is InChI=1S/C16H20ClN3OS/c1-9-7-6-8-13(17)14(9)19-16(21)20(5)10(2)15-11(3)22-12(4)18-15/h6-8,10H,1-5H3,(H,19,21). The molecule has 0 aliphatic heterocycles. The Kier molecular flexibility index (Phi) is 5.08. The Hall–Kier alpha value is -1.59. The first-order valence-corrected chi connectivity index (χ1v) is 8.23. The van der Waals surface area contributed by atoms with Crippen LogP contribution in [0.15, 0.2) is 18.2 Å². The molecule has 0 aliphatic carbocycles. The van der Waals surface area contributed by atoms with Crippen molar-refractivity contribution in [3.63, 3.8) is 0 Å². The number of hydrogen-bond acceptors (Lipinski definition) is 3. The van der Waals surface area contributed by atoms with E-state index in [0.717, 1.165) is 21.1 Å². The third-order valence-corrected chi connectivity index (χ3v) is 4.91. The van der Waals surface area contributed by atoms with E-state index in [4.69, 9.17) is 11.6 Å². The van der Waals surface area contributed by atoms with Crippen molar-refractivity contribution in [1.82, 2.24) is 9.88 Å². The maximum absolute atomic E-state index is 12.5. The highest BCUT2D eigenvalue weighted by molar-refractivity contribution is 7.11. The van der Waals surface area contributed by atoms with Gasteiger partial charge in [0.15, 0.2) is 0 Å². The fourth-order valence-corrected chi connectivity index (χ4v) is 3.45. The number of hydrogen-bond donors (Lipinski definition) is 1. The maximum Gasteiger partial charge on any atom is 0.322 e. The molecular weight excluding hydrogens is 318 g/mol. The third kappa shape index (κ3) is 3.42. The topological polar surface area (TPSA) is 45.2 Å². The van der Waals surface area contributed by atoms with Crippen LogP contribution in [0.5, 0.6) is 0 Å². The summed E-state index contributed by atoms with van der Waals surface area (Å²) < 4.78 is 0. The largest absolute Gasteiger partial charge is 0.322 e. The first-order chi connectivity index (χ1) is 10.3. The van der Waals surface area contributed by atoms with Gasteiger partial charge in [-0.05, 0) is 39.3 Å². The molecule has 2 aromatic rings. The first kappa shape index (κ1) is 16.8. The number of nitrogens with one attached hydrogen (secondary N) is 1. The van der Waals surface area contributed by atoms with E-state index in [0.29, 0.717) is 10.7 Å². The number of urea groups is 1. The number of carbonyl (C=O) groups excluding carboxylic acids is 1. The monoisotopic (exact) mass is 337 g/mol. The molecule has 1 aromatic carbocycles. The Bertz CT molecular complexity index is 678. The molecule has 1 atom stereocenters. The lowest BCUT2D eigenvalue weighted by Crippen LogP contribution is -2.34. The van der Waals surface area contributed by atoms with Crippen molar-refractivity contribution in [3.8, 4) is 0 Å². The Morgan fingerprint density at radius 2 is 2.05 bits per heavy atom. The first-order valence-electron chi connectivity index (χ1n) is 7.04. The van der Waals surface area contributed by atoms with Crippen LogP contribution in [0.3, 0.4) is 0 Å². The summed E-state index contributed by atoms with van der Waals surface area (Å²) in [5.41, 5.74) is 2.53. The smallest absolute Gasteiger partial charge is 0.319 e. The second-order valence-electron chi connectivity index (χ2n) is 5.32. The molecule has 0 saturated carbocycles. The predicted octanol–water partition coefficient (Wildman–Crippen LogP) is 4.95. The number of carbonyl (C=O) groups is 1. The molecule has 22 heavy (non-hydrogen) atoms. The number of anilines is 1. The van der Waals surface area contributed by atoms with Crippen LogP contribution in [0.4, 0.5) is 10.5 Å². The molecule has 2 rings (SSSR count). The van der Waals surface area contributed by atoms with E-state index in [9.17, 15) is 4.79 Å². The lowest BCUT2D eigenvalue weighted by atomic mass is 10.2. The average molecular weight is 338 g/mol. The van der Waals surface area contributed by atoms with E-state index >= 15 is 0 Å². The van der Waals surface area contributed by atoms with Gasteiger partial charge in [0.1, 0.15) is 0 Å². The molecule has 0 bridgehead atoms. The van der Waals surface area contributed by atoms with Crippen LogP contribution in [0.1, 0.15) is 34.1 Å². The zero-order valence-electron chi connectivity index (χ0n) is 13.4. The minimum Gasteiger partial charge on any atom is -0.319 e. The van der Waals surface area contributed by atoms with Crippen molar-refractivity contribution in [2.24, 2.45) is 0 Å². The highest BCUT2D eigenvalue weighted by Crippen LogP contribution is 2.28. The summed E-state index contributed by atoms with van der Waals surface area (Å²) in [5.74, 6) is 0. The van der Waals surface area contributed by atoms with Gasteiger partial charge in [-0.3, -0.25) is 0 Å². The van der Waals surface area contributed by atoms with E-state index in [1.54, 1.807) is 29.4 Å². The van der Waals surface area contributed by atoms with Crippen LogP contribution in [0.2, 0.25) is 5.02 Å². The molecule has 0 aliphatic rings. The SMILES string of the molecule is Cc1nc(C(C)N(C)C(=O)Nc2c(C)cccc2Cl)c(C)s1. The van der Waals surface area contributed by atoms with E-state index < -0.39 is 0 Å². The van der Waals surface area contributed by atoms with Crippen molar-refractivity contribution in [1.29, 1.82) is 0 Å². The summed E-state index contributed by atoms with van der Waals surface area (Å²) >= 11 is 7.80. The van der Waals surface area contributed by atoms with Crippen molar-refractivity contribution in [2.75, 3.05) is 12.4 Å². The summed E-state index contributed by atoms with van der Waals surface area (Å²) in [6.07, 6.45) is 0. The van der Waals surface area contributed by atoms with Crippen LogP contribution < -0.4 is 5.32 Å². The molecule has 4 nitrogen and oxygen atoms in total. The van der Waals surface area contributed by atoms with Gasteiger partial charge in [-0.25, -0.2) is 9.78 Å². The summed E-state index contributed by atoms with van der Waals surface area (Å²) in [4.78, 5) is 19.8. The van der Waals surface area contributed by atoms with E-state index in [-0.39, 0.29) is 12.1 Å². The van der Waals surface area contributed by atoms with E-state index in [1.165, 1.54) is 0 Å². The van der Waals surface area contributed by atoms with Crippen LogP contribution in [-0.4, -0.2) is 23.0 Å². The number of amides is 2. The van der Waals surface area contributed by atoms with Gasteiger partial charge in [0, 0.05) is 11.9 Å². The third-order valence-electron chi connectivity index (χ3n) is 3.69. The van der Waals surface area contributed by atoms with Crippen molar-refractivity contribution < 1.29 is 4.79 Å². The second-order valence-corrected chi connectivity index (χ2v) is 7.14. The summed E-state index contributed by atoms with van der Waals surface area (Å²) in [7, 11) is 1.76. The second kappa shape index (κ2) is 6.67. The highest BCUT2D eigenvalue weighted by atomic mass is 35.5. The minimum atomic E-state index is -0.200. The Morgan fingerprint density at radius 1 is 1.36 bits per heavy atom. The number of rotatable bonds is 3. The minimum absolute atomic E-state index is 0.104. The molecule has 0 saturated heterocycles. The van der Waals surface area contributed by atoms with Crippen LogP contribution in [0, 0.1) is 20.8 Å². The number of aryl methyl sites for hydroxylation is 3. The number of benzene rings is 1. The lowest BCUT2D eigenvalue weighted by Gasteiger charge is -2.25. The Balaban J connectivity index is 2.17. The molecule has 1 heterocycles. The van der Waals surface area contributed by atoms with Crippen LogP contribution >= 0.6 is 22.9 Å². The number of thiazole rings is 1. The van der Waals surface area contributed by atoms with Crippen molar-refractivity contribution in [3.05, 3.63) is 44.4 Å². The van der Waals surface area contributed by atoms with Crippen molar-refractivity contribution in [2.45, 2.75) is 33.7 Å². The number of aromatic nitrogens is 1. The van der Waals surface area contributed by atoms with Gasteiger partial charge in [0.05, 0.1) is 27.5 Å². The number of halogens is 1. The van der Waals surface area contributed by atoms with Gasteiger partial charge in [-0.1, -0.05) is 23.7 Å². The molecule has 0 spiro atoms. The summed E-state index contributed by atoms with van der Waals surface area (Å²) in [5, 5.41) is 4.43. The summed E-state index contributed by atoms with van der Waals surface area (Å²) in [6.45, 7) is 7.89. The molecule has 1 unspecified atom stereocenters. The van der Waals surface area contributed by atoms with E-state index in [1.807, 2.05) is 39.8 Å². The van der Waals surface area contributed by atoms with Gasteiger partial charge < -0.3 is 10.2 Å². The maximum atomic E-state index is 12.5. The van der Waals surface area contributed by atoms with Crippen LogP contribution in [0.25, 0.3) is 0 Å². The van der Waals surface area contributed by atoms with Gasteiger partial charge >= 0.3 is 6.03 Å². The Labute approximate surface area is 140 Å². The molecule has 1 N–H and O–H groups in total. The number of nitrogens with zero attached hydrogens (tertiary/aromatic N) is 2. The zero-order valence-corrected chi connectivity index (χ0v) is 15.0. The molecule has 118 valence electrons. The molecule has 1 aromatic heterocycles. The Morgan fingerprint density at radius 3 is 2.59 bits per heavy atom. The molecular formula is C16H20ClN3OS. The van der Waals surface area contributed by atoms with Crippen molar-refractivity contribution >= 4 is 34.7 Å². The van der Waals surface area contributed by atoms with Gasteiger partial charge in [0.2, 0.25) is 0 Å². The van der Waals surface area contributed by atoms with E-state index in [2.05, 4.69) is 10.3 Å². The lowest BCUT2D eigenvalue weighted by molar-refractivity contribution is 0.207. The molecule has 2 amide bonds. The fourth-order valence-electron chi connectivity index (χ4n) is 2.28. The molecule has 6 heteroatoms. The molecule has 0 fully saturated rings. The predicted molar refractivity (Wildman–Crippen MR) is 93.0 cm³/mol. The number of para-hydroxylation sites is 1. The van der Waals surface area contributed by atoms with Gasteiger partial charge in [-0.15, -0.1) is 11.3 Å². The normalized spacial score (nSPS) is 12.1. The quantitative estimate of drug-likeness (QED) is 0.861. The van der Waals surface area contributed by atoms with Gasteiger partial charge in [-0.2, -0.15) is 0 Å². The van der Waals surface area contributed by atoms with Crippen LogP contribution in [-0.2, 0) is 0 Å². The van der Waals surface area contributed by atoms with Gasteiger partial charge in [0.25, 0.3) is 0 Å². The fraction of sp³-hybridized carbons (Fsp3) is 0.375. The average Bonchev–Trinajstić information content (AvgIpc) is 2.80. The molecule has 0 radical (unpaired) electrons. The summed E-state index contributed by atoms with van der Waals surface area (Å²) in [6, 6.07) is 5.24.